The number of hydrogen-bond donors (Lipinski definition) is 1. The van der Waals surface area contributed by atoms with Crippen LogP contribution >= 0.6 is 34.5 Å². The summed E-state index contributed by atoms with van der Waals surface area (Å²) in [5, 5.41) is 5.53. The van der Waals surface area contributed by atoms with E-state index in [0.717, 1.165) is 22.8 Å². The van der Waals surface area contributed by atoms with E-state index >= 15 is 0 Å². The van der Waals surface area contributed by atoms with Crippen LogP contribution in [0.5, 0.6) is 0 Å². The van der Waals surface area contributed by atoms with Gasteiger partial charge < -0.3 is 5.32 Å². The van der Waals surface area contributed by atoms with Crippen LogP contribution in [0.4, 0.5) is 0 Å². The van der Waals surface area contributed by atoms with Gasteiger partial charge in [-0.05, 0) is 32.5 Å². The molecule has 1 heterocycles. The van der Waals surface area contributed by atoms with Crippen molar-refractivity contribution in [3.05, 3.63) is 38.8 Å². The summed E-state index contributed by atoms with van der Waals surface area (Å²) in [6.45, 7) is 7.25. The molecular weight excluding hydrogens is 299 g/mol. The number of benzene rings is 1. The van der Waals surface area contributed by atoms with Gasteiger partial charge in [0.05, 0.1) is 15.7 Å². The molecule has 0 amide bonds. The zero-order chi connectivity index (χ0) is 14.0. The van der Waals surface area contributed by atoms with Crippen molar-refractivity contribution in [1.82, 2.24) is 10.3 Å². The minimum absolute atomic E-state index is 0.319. The van der Waals surface area contributed by atoms with Gasteiger partial charge in [-0.2, -0.15) is 0 Å². The Labute approximate surface area is 127 Å². The highest BCUT2D eigenvalue weighted by Crippen LogP contribution is 2.34. The number of rotatable bonds is 4. The SMILES string of the molecule is CCNC(C)c1sc(-c2ccc(Cl)c(Cl)c2)nc1C. The van der Waals surface area contributed by atoms with Crippen LogP contribution in [0.1, 0.15) is 30.5 Å². The van der Waals surface area contributed by atoms with Gasteiger partial charge in [-0.1, -0.05) is 36.2 Å². The van der Waals surface area contributed by atoms with Gasteiger partial charge in [-0.25, -0.2) is 4.98 Å². The van der Waals surface area contributed by atoms with E-state index in [9.17, 15) is 0 Å². The Morgan fingerprint density at radius 1 is 1.32 bits per heavy atom. The van der Waals surface area contributed by atoms with Gasteiger partial charge in [0.1, 0.15) is 5.01 Å². The Balaban J connectivity index is 2.36. The highest BCUT2D eigenvalue weighted by Gasteiger charge is 2.15. The zero-order valence-electron chi connectivity index (χ0n) is 11.1. The molecule has 0 bridgehead atoms. The number of nitrogens with zero attached hydrogens (tertiary/aromatic N) is 1. The van der Waals surface area contributed by atoms with Crippen LogP contribution in [0.25, 0.3) is 10.6 Å². The van der Waals surface area contributed by atoms with Crippen molar-refractivity contribution in [1.29, 1.82) is 0 Å². The highest BCUT2D eigenvalue weighted by atomic mass is 35.5. The lowest BCUT2D eigenvalue weighted by Crippen LogP contribution is -2.17. The topological polar surface area (TPSA) is 24.9 Å². The predicted octanol–water partition coefficient (Wildman–Crippen LogP) is 5.10. The first-order chi connectivity index (χ1) is 9.02. The van der Waals surface area contributed by atoms with Crippen molar-refractivity contribution < 1.29 is 0 Å². The summed E-state index contributed by atoms with van der Waals surface area (Å²) in [4.78, 5) is 5.90. The molecule has 2 aromatic rings. The molecule has 1 atom stereocenters. The molecule has 0 radical (unpaired) electrons. The molecule has 0 saturated carbocycles. The smallest absolute Gasteiger partial charge is 0.123 e. The molecule has 1 unspecified atom stereocenters. The Kier molecular flexibility index (Phi) is 4.85. The molecule has 19 heavy (non-hydrogen) atoms. The molecule has 0 spiro atoms. The van der Waals surface area contributed by atoms with Crippen LogP contribution < -0.4 is 5.32 Å². The lowest BCUT2D eigenvalue weighted by atomic mass is 10.2. The second-order valence-corrected chi connectivity index (χ2v) is 6.22. The van der Waals surface area contributed by atoms with Crippen molar-refractivity contribution in [3.8, 4) is 10.6 Å². The average molecular weight is 315 g/mol. The van der Waals surface area contributed by atoms with Crippen LogP contribution in [-0.4, -0.2) is 11.5 Å². The Bertz CT molecular complexity index is 581. The lowest BCUT2D eigenvalue weighted by Gasteiger charge is -2.09. The van der Waals surface area contributed by atoms with Crippen LogP contribution in [0.2, 0.25) is 10.0 Å². The van der Waals surface area contributed by atoms with E-state index in [1.54, 1.807) is 11.3 Å². The predicted molar refractivity (Wildman–Crippen MR) is 84.4 cm³/mol. The Morgan fingerprint density at radius 3 is 2.68 bits per heavy atom. The fraction of sp³-hybridized carbons (Fsp3) is 0.357. The van der Waals surface area contributed by atoms with Crippen LogP contribution in [0.3, 0.4) is 0 Å². The van der Waals surface area contributed by atoms with Crippen LogP contribution in [0, 0.1) is 6.92 Å². The van der Waals surface area contributed by atoms with Gasteiger partial charge in [0.25, 0.3) is 0 Å². The summed E-state index contributed by atoms with van der Waals surface area (Å²) in [5.41, 5.74) is 2.08. The highest BCUT2D eigenvalue weighted by molar-refractivity contribution is 7.15. The second-order valence-electron chi connectivity index (χ2n) is 4.38. The van der Waals surface area contributed by atoms with E-state index < -0.39 is 0 Å². The van der Waals surface area contributed by atoms with Crippen molar-refractivity contribution >= 4 is 34.5 Å². The molecular formula is C14H16Cl2N2S. The van der Waals surface area contributed by atoms with Gasteiger partial charge in [0, 0.05) is 16.5 Å². The molecule has 102 valence electrons. The second kappa shape index (κ2) is 6.23. The van der Waals surface area contributed by atoms with E-state index in [1.165, 1.54) is 4.88 Å². The van der Waals surface area contributed by atoms with Crippen LogP contribution in [-0.2, 0) is 0 Å². The van der Waals surface area contributed by atoms with E-state index in [4.69, 9.17) is 23.2 Å². The van der Waals surface area contributed by atoms with Gasteiger partial charge >= 0.3 is 0 Å². The van der Waals surface area contributed by atoms with Gasteiger partial charge in [0.15, 0.2) is 0 Å². The molecule has 0 saturated heterocycles. The first kappa shape index (κ1) is 14.8. The fourth-order valence-electron chi connectivity index (χ4n) is 1.96. The molecule has 0 aliphatic heterocycles. The third-order valence-corrected chi connectivity index (χ3v) is 5.03. The molecule has 5 heteroatoms. The molecule has 0 aliphatic carbocycles. The Hall–Kier alpha value is -0.610. The first-order valence-electron chi connectivity index (χ1n) is 6.19. The number of halogens is 2. The normalized spacial score (nSPS) is 12.7. The van der Waals surface area contributed by atoms with Crippen molar-refractivity contribution in [3.63, 3.8) is 0 Å². The monoisotopic (exact) mass is 314 g/mol. The quantitative estimate of drug-likeness (QED) is 0.849. The van der Waals surface area contributed by atoms with Gasteiger partial charge in [-0.3, -0.25) is 0 Å². The largest absolute Gasteiger partial charge is 0.310 e. The van der Waals surface area contributed by atoms with Gasteiger partial charge in [-0.15, -0.1) is 11.3 Å². The number of thiazole rings is 1. The minimum Gasteiger partial charge on any atom is -0.310 e. The standard InChI is InChI=1S/C14H16Cl2N2S/c1-4-17-8(2)13-9(3)18-14(19-13)10-5-6-11(15)12(16)7-10/h5-8,17H,4H2,1-3H3. The summed E-state index contributed by atoms with van der Waals surface area (Å²) in [7, 11) is 0. The molecule has 0 fully saturated rings. The first-order valence-corrected chi connectivity index (χ1v) is 7.76. The zero-order valence-corrected chi connectivity index (χ0v) is 13.5. The number of nitrogens with one attached hydrogen (secondary N) is 1. The average Bonchev–Trinajstić information content (AvgIpc) is 2.75. The molecule has 0 aliphatic rings. The fourth-order valence-corrected chi connectivity index (χ4v) is 3.35. The number of hydrogen-bond acceptors (Lipinski definition) is 3. The lowest BCUT2D eigenvalue weighted by molar-refractivity contribution is 0.603. The summed E-state index contributed by atoms with van der Waals surface area (Å²) < 4.78 is 0. The molecule has 1 aromatic heterocycles. The van der Waals surface area contributed by atoms with E-state index in [2.05, 4.69) is 24.1 Å². The van der Waals surface area contributed by atoms with Crippen molar-refractivity contribution in [2.75, 3.05) is 6.54 Å². The third-order valence-electron chi connectivity index (χ3n) is 2.90. The van der Waals surface area contributed by atoms with E-state index in [1.807, 2.05) is 25.1 Å². The third kappa shape index (κ3) is 3.29. The maximum atomic E-state index is 6.06. The van der Waals surface area contributed by atoms with E-state index in [-0.39, 0.29) is 0 Å². The molecule has 1 aromatic carbocycles. The Morgan fingerprint density at radius 2 is 2.05 bits per heavy atom. The summed E-state index contributed by atoms with van der Waals surface area (Å²) in [6, 6.07) is 5.94. The van der Waals surface area contributed by atoms with E-state index in [0.29, 0.717) is 16.1 Å². The van der Waals surface area contributed by atoms with Crippen molar-refractivity contribution in [2.24, 2.45) is 0 Å². The van der Waals surface area contributed by atoms with Crippen molar-refractivity contribution in [2.45, 2.75) is 26.8 Å². The maximum absolute atomic E-state index is 6.06. The van der Waals surface area contributed by atoms with Gasteiger partial charge in [0.2, 0.25) is 0 Å². The summed E-state index contributed by atoms with van der Waals surface area (Å²) in [5.74, 6) is 0. The summed E-state index contributed by atoms with van der Waals surface area (Å²) in [6.07, 6.45) is 0. The summed E-state index contributed by atoms with van der Waals surface area (Å²) >= 11 is 13.7. The number of aryl methyl sites for hydroxylation is 1. The maximum Gasteiger partial charge on any atom is 0.123 e. The molecule has 1 N–H and O–H groups in total. The van der Waals surface area contributed by atoms with Crippen LogP contribution in [0.15, 0.2) is 18.2 Å². The number of aromatic nitrogens is 1. The molecule has 2 nitrogen and oxygen atoms in total. The minimum atomic E-state index is 0.319. The molecule has 2 rings (SSSR count).